The summed E-state index contributed by atoms with van der Waals surface area (Å²) >= 11 is 0. The predicted octanol–water partition coefficient (Wildman–Crippen LogP) is 5.04. The smallest absolute Gasteiger partial charge is 0.255 e. The molecule has 0 bridgehead atoms. The van der Waals surface area contributed by atoms with Crippen LogP contribution in [-0.2, 0) is 6.42 Å². The molecule has 2 aromatic heterocycles. The first-order chi connectivity index (χ1) is 19.5. The van der Waals surface area contributed by atoms with E-state index in [0.717, 1.165) is 61.5 Å². The molecular formula is C32H32N6O2. The molecule has 0 saturated carbocycles. The van der Waals surface area contributed by atoms with Gasteiger partial charge in [0, 0.05) is 56.4 Å². The van der Waals surface area contributed by atoms with E-state index in [4.69, 9.17) is 0 Å². The SMILES string of the molecule is CN1CCN(CCc2ccc(NC(=O)c3ccc4nc(-c5cc(-c6ccncc6)ccc5O)[nH]c4c3)cc2)CC1. The molecule has 1 saturated heterocycles. The van der Waals surface area contributed by atoms with Crippen molar-refractivity contribution in [2.75, 3.05) is 45.1 Å². The Morgan fingerprint density at radius 3 is 2.48 bits per heavy atom. The fourth-order valence-electron chi connectivity index (χ4n) is 5.04. The van der Waals surface area contributed by atoms with Gasteiger partial charge in [0.15, 0.2) is 0 Å². The summed E-state index contributed by atoms with van der Waals surface area (Å²) in [6, 6.07) is 22.7. The van der Waals surface area contributed by atoms with E-state index in [1.807, 2.05) is 42.5 Å². The van der Waals surface area contributed by atoms with Crippen molar-refractivity contribution in [3.63, 3.8) is 0 Å². The molecular weight excluding hydrogens is 500 g/mol. The minimum atomic E-state index is -0.189. The van der Waals surface area contributed by atoms with E-state index in [2.05, 4.69) is 49.2 Å². The summed E-state index contributed by atoms with van der Waals surface area (Å²) in [4.78, 5) is 29.9. The lowest BCUT2D eigenvalue weighted by Gasteiger charge is -2.32. The maximum atomic E-state index is 13.0. The van der Waals surface area contributed by atoms with Crippen LogP contribution in [0.15, 0.2) is 85.2 Å². The van der Waals surface area contributed by atoms with E-state index in [9.17, 15) is 9.90 Å². The zero-order valence-corrected chi connectivity index (χ0v) is 22.5. The van der Waals surface area contributed by atoms with E-state index in [-0.39, 0.29) is 11.7 Å². The minimum Gasteiger partial charge on any atom is -0.507 e. The maximum Gasteiger partial charge on any atom is 0.255 e. The van der Waals surface area contributed by atoms with Crippen molar-refractivity contribution < 1.29 is 9.90 Å². The highest BCUT2D eigenvalue weighted by atomic mass is 16.3. The van der Waals surface area contributed by atoms with Gasteiger partial charge in [0.25, 0.3) is 5.91 Å². The number of hydrogen-bond acceptors (Lipinski definition) is 6. The third-order valence-electron chi connectivity index (χ3n) is 7.53. The number of benzene rings is 3. The van der Waals surface area contributed by atoms with Crippen LogP contribution in [0.4, 0.5) is 5.69 Å². The highest BCUT2D eigenvalue weighted by Gasteiger charge is 2.15. The van der Waals surface area contributed by atoms with E-state index in [0.29, 0.717) is 22.5 Å². The first-order valence-electron chi connectivity index (χ1n) is 13.6. The van der Waals surface area contributed by atoms with Crippen LogP contribution < -0.4 is 5.32 Å². The number of amides is 1. The molecule has 3 aromatic carbocycles. The molecule has 0 unspecified atom stereocenters. The molecule has 0 aliphatic carbocycles. The van der Waals surface area contributed by atoms with Crippen molar-refractivity contribution in [1.82, 2.24) is 24.8 Å². The van der Waals surface area contributed by atoms with Gasteiger partial charge in [-0.05, 0) is 84.8 Å². The second kappa shape index (κ2) is 11.3. The summed E-state index contributed by atoms with van der Waals surface area (Å²) in [5.41, 5.74) is 6.51. The molecule has 0 atom stereocenters. The number of imidazole rings is 1. The van der Waals surface area contributed by atoms with Gasteiger partial charge in [-0.1, -0.05) is 18.2 Å². The van der Waals surface area contributed by atoms with E-state index in [1.165, 1.54) is 5.56 Å². The molecule has 40 heavy (non-hydrogen) atoms. The number of hydrogen-bond donors (Lipinski definition) is 3. The molecule has 8 nitrogen and oxygen atoms in total. The van der Waals surface area contributed by atoms with Crippen LogP contribution in [0.1, 0.15) is 15.9 Å². The number of phenolic OH excluding ortho intramolecular Hbond substituents is 1. The van der Waals surface area contributed by atoms with Crippen LogP contribution in [0.2, 0.25) is 0 Å². The molecule has 1 fully saturated rings. The maximum absolute atomic E-state index is 13.0. The van der Waals surface area contributed by atoms with Gasteiger partial charge in [0.05, 0.1) is 16.6 Å². The summed E-state index contributed by atoms with van der Waals surface area (Å²) in [7, 11) is 2.17. The molecule has 1 amide bonds. The number of nitrogens with one attached hydrogen (secondary N) is 2. The lowest BCUT2D eigenvalue weighted by Crippen LogP contribution is -2.45. The van der Waals surface area contributed by atoms with Crippen molar-refractivity contribution >= 4 is 22.6 Å². The molecule has 8 heteroatoms. The van der Waals surface area contributed by atoms with Gasteiger partial charge in [-0.3, -0.25) is 9.78 Å². The number of H-pyrrole nitrogens is 1. The second-order valence-corrected chi connectivity index (χ2v) is 10.3. The van der Waals surface area contributed by atoms with E-state index >= 15 is 0 Å². The fourth-order valence-corrected chi connectivity index (χ4v) is 5.04. The fraction of sp³-hybridized carbons (Fsp3) is 0.219. The predicted molar refractivity (Wildman–Crippen MR) is 158 cm³/mol. The number of aromatic nitrogens is 3. The highest BCUT2D eigenvalue weighted by Crippen LogP contribution is 2.33. The number of carbonyl (C=O) groups is 1. The van der Waals surface area contributed by atoms with Gasteiger partial charge >= 0.3 is 0 Å². The topological polar surface area (TPSA) is 97.4 Å². The van der Waals surface area contributed by atoms with Gasteiger partial charge in [-0.2, -0.15) is 0 Å². The number of piperazine rings is 1. The molecule has 5 aromatic rings. The quantitative estimate of drug-likeness (QED) is 0.272. The number of anilines is 1. The number of likely N-dealkylation sites (N-methyl/N-ethyl adjacent to an activating group) is 1. The Morgan fingerprint density at radius 2 is 1.70 bits per heavy atom. The lowest BCUT2D eigenvalue weighted by molar-refractivity contribution is 0.102. The number of carbonyl (C=O) groups excluding carboxylic acids is 1. The number of pyridine rings is 1. The number of nitrogens with zero attached hydrogens (tertiary/aromatic N) is 4. The lowest BCUT2D eigenvalue weighted by atomic mass is 10.0. The van der Waals surface area contributed by atoms with Crippen LogP contribution in [0, 0.1) is 0 Å². The minimum absolute atomic E-state index is 0.127. The summed E-state index contributed by atoms with van der Waals surface area (Å²) in [5, 5.41) is 13.6. The van der Waals surface area contributed by atoms with Crippen molar-refractivity contribution in [2.45, 2.75) is 6.42 Å². The first-order valence-corrected chi connectivity index (χ1v) is 13.6. The zero-order chi connectivity index (χ0) is 27.5. The highest BCUT2D eigenvalue weighted by molar-refractivity contribution is 6.06. The van der Waals surface area contributed by atoms with Crippen molar-refractivity contribution in [3.05, 3.63) is 96.3 Å². The summed E-state index contributed by atoms with van der Waals surface area (Å²) in [5.74, 6) is 0.473. The van der Waals surface area contributed by atoms with E-state index in [1.54, 1.807) is 30.6 Å². The van der Waals surface area contributed by atoms with Gasteiger partial charge in [-0.15, -0.1) is 0 Å². The van der Waals surface area contributed by atoms with Crippen molar-refractivity contribution in [1.29, 1.82) is 0 Å². The third-order valence-corrected chi connectivity index (χ3v) is 7.53. The second-order valence-electron chi connectivity index (χ2n) is 10.3. The first kappa shape index (κ1) is 25.7. The Bertz CT molecular complexity index is 1620. The van der Waals surface area contributed by atoms with Crippen LogP contribution in [0.3, 0.4) is 0 Å². The van der Waals surface area contributed by atoms with E-state index < -0.39 is 0 Å². The Hall–Kier alpha value is -4.53. The zero-order valence-electron chi connectivity index (χ0n) is 22.5. The molecule has 3 N–H and O–H groups in total. The Kier molecular flexibility index (Phi) is 7.27. The largest absolute Gasteiger partial charge is 0.507 e. The van der Waals surface area contributed by atoms with Gasteiger partial charge in [0.1, 0.15) is 11.6 Å². The number of aromatic hydroxyl groups is 1. The molecule has 1 aliphatic heterocycles. The Balaban J connectivity index is 1.13. The van der Waals surface area contributed by atoms with Crippen LogP contribution in [0.5, 0.6) is 5.75 Å². The Labute approximate surface area is 233 Å². The van der Waals surface area contributed by atoms with Crippen LogP contribution >= 0.6 is 0 Å². The van der Waals surface area contributed by atoms with Crippen molar-refractivity contribution in [3.8, 4) is 28.3 Å². The average molecular weight is 533 g/mol. The number of phenols is 1. The van der Waals surface area contributed by atoms with Gasteiger partial charge in [-0.25, -0.2) is 4.98 Å². The number of rotatable bonds is 7. The third kappa shape index (κ3) is 5.73. The molecule has 3 heterocycles. The molecule has 202 valence electrons. The van der Waals surface area contributed by atoms with Crippen LogP contribution in [0.25, 0.3) is 33.5 Å². The number of fused-ring (bicyclic) bond motifs is 1. The van der Waals surface area contributed by atoms with Gasteiger partial charge in [0.2, 0.25) is 0 Å². The standard InChI is InChI=1S/C32H32N6O2/c1-37-16-18-38(19-17-37)15-12-22-2-6-26(7-3-22)34-32(40)25-4-8-28-29(21-25)36-31(35-28)27-20-24(5-9-30(27)39)23-10-13-33-14-11-23/h2-11,13-14,20-21,39H,12,15-19H2,1H3,(H,34,40)(H,35,36). The summed E-state index contributed by atoms with van der Waals surface area (Å²) in [6.07, 6.45) is 4.47. The molecule has 1 aliphatic rings. The monoisotopic (exact) mass is 532 g/mol. The molecule has 6 rings (SSSR count). The Morgan fingerprint density at radius 1 is 0.925 bits per heavy atom. The summed E-state index contributed by atoms with van der Waals surface area (Å²) in [6.45, 7) is 5.53. The van der Waals surface area contributed by atoms with Crippen LogP contribution in [-0.4, -0.2) is 75.5 Å². The van der Waals surface area contributed by atoms with Gasteiger partial charge < -0.3 is 25.2 Å². The molecule has 0 spiro atoms. The number of aromatic amines is 1. The van der Waals surface area contributed by atoms with Crippen molar-refractivity contribution in [2.24, 2.45) is 0 Å². The normalized spacial score (nSPS) is 14.4. The molecule has 0 radical (unpaired) electrons. The average Bonchev–Trinajstić information content (AvgIpc) is 3.42. The summed E-state index contributed by atoms with van der Waals surface area (Å²) < 4.78 is 0.